The number of pyridine rings is 1. The number of ether oxygens (including phenoxy) is 2. The molecule has 0 aliphatic rings. The van der Waals surface area contributed by atoms with Crippen LogP contribution in [0.3, 0.4) is 0 Å². The van der Waals surface area contributed by atoms with Gasteiger partial charge < -0.3 is 20.1 Å². The van der Waals surface area contributed by atoms with E-state index in [1.54, 1.807) is 67.0 Å². The number of carbonyl (C=O) groups excluding carboxylic acids is 2. The molecule has 32 heavy (non-hydrogen) atoms. The largest absolute Gasteiger partial charge is 0.491 e. The first-order valence-electron chi connectivity index (χ1n) is 9.81. The molecule has 2 N–H and O–H groups in total. The topological polar surface area (TPSA) is 89.6 Å². The molecule has 3 aromatic rings. The Balaban J connectivity index is 1.67. The molecular formula is C24H22ClN3O4. The summed E-state index contributed by atoms with van der Waals surface area (Å²) in [6, 6.07) is 13.5. The van der Waals surface area contributed by atoms with Crippen molar-refractivity contribution < 1.29 is 19.1 Å². The Kier molecular flexibility index (Phi) is 7.83. The summed E-state index contributed by atoms with van der Waals surface area (Å²) in [5, 5.41) is 5.94. The molecule has 164 valence electrons. The summed E-state index contributed by atoms with van der Waals surface area (Å²) in [7, 11) is 1.51. The van der Waals surface area contributed by atoms with E-state index in [0.717, 1.165) is 0 Å². The maximum atomic E-state index is 12.4. The van der Waals surface area contributed by atoms with E-state index in [1.807, 2.05) is 6.92 Å². The number of anilines is 2. The van der Waals surface area contributed by atoms with E-state index in [9.17, 15) is 9.59 Å². The summed E-state index contributed by atoms with van der Waals surface area (Å²) in [6.07, 6.45) is 6.10. The first-order chi connectivity index (χ1) is 15.5. The Morgan fingerprint density at radius 2 is 1.78 bits per heavy atom. The van der Waals surface area contributed by atoms with E-state index in [-0.39, 0.29) is 11.8 Å². The van der Waals surface area contributed by atoms with Crippen LogP contribution in [0.2, 0.25) is 5.02 Å². The second-order valence-electron chi connectivity index (χ2n) is 6.56. The summed E-state index contributed by atoms with van der Waals surface area (Å²) < 4.78 is 10.8. The van der Waals surface area contributed by atoms with Crippen LogP contribution in [0, 0.1) is 0 Å². The summed E-state index contributed by atoms with van der Waals surface area (Å²) in [4.78, 5) is 28.6. The molecule has 0 saturated heterocycles. The van der Waals surface area contributed by atoms with Gasteiger partial charge in [-0.15, -0.1) is 0 Å². The monoisotopic (exact) mass is 451 g/mol. The van der Waals surface area contributed by atoms with Crippen molar-refractivity contribution in [3.05, 3.63) is 83.2 Å². The molecule has 3 rings (SSSR count). The molecule has 0 bridgehead atoms. The highest BCUT2D eigenvalue weighted by Crippen LogP contribution is 2.36. The molecule has 0 saturated carbocycles. The minimum absolute atomic E-state index is 0.266. The third-order valence-corrected chi connectivity index (χ3v) is 4.57. The SMILES string of the molecule is CCOc1cc(/C=C/C(=O)Nc2cccc(NC(=O)c3ccncc3)c2)cc(Cl)c1OC. The number of benzene rings is 2. The van der Waals surface area contributed by atoms with Crippen LogP contribution in [0.5, 0.6) is 11.5 Å². The fraction of sp³-hybridized carbons (Fsp3) is 0.125. The summed E-state index contributed by atoms with van der Waals surface area (Å²) in [6.45, 7) is 2.31. The minimum Gasteiger partial charge on any atom is -0.491 e. The van der Waals surface area contributed by atoms with Crippen LogP contribution < -0.4 is 20.1 Å². The summed E-state index contributed by atoms with van der Waals surface area (Å²) in [5.74, 6) is 0.339. The molecule has 2 aromatic carbocycles. The van der Waals surface area contributed by atoms with Gasteiger partial charge in [0, 0.05) is 35.4 Å². The maximum absolute atomic E-state index is 12.4. The van der Waals surface area contributed by atoms with Crippen molar-refractivity contribution in [2.45, 2.75) is 6.92 Å². The third-order valence-electron chi connectivity index (χ3n) is 4.29. The Bertz CT molecular complexity index is 1130. The lowest BCUT2D eigenvalue weighted by Crippen LogP contribution is -2.12. The molecule has 8 heteroatoms. The average Bonchev–Trinajstić information content (AvgIpc) is 2.79. The standard InChI is InChI=1S/C24H22ClN3O4/c1-3-32-21-14-16(13-20(25)23(21)31-2)7-8-22(29)27-18-5-4-6-19(15-18)28-24(30)17-9-11-26-12-10-17/h4-15H,3H2,1-2H3,(H,27,29)(H,28,30)/b8-7+. The average molecular weight is 452 g/mol. The molecule has 0 spiro atoms. The number of rotatable bonds is 8. The number of hydrogen-bond acceptors (Lipinski definition) is 5. The van der Waals surface area contributed by atoms with Crippen molar-refractivity contribution in [1.29, 1.82) is 0 Å². The van der Waals surface area contributed by atoms with Crippen molar-refractivity contribution in [3.63, 3.8) is 0 Å². The molecule has 0 unspecified atom stereocenters. The zero-order valence-corrected chi connectivity index (χ0v) is 18.3. The second-order valence-corrected chi connectivity index (χ2v) is 6.97. The normalized spacial score (nSPS) is 10.6. The number of nitrogens with zero attached hydrogens (tertiary/aromatic N) is 1. The summed E-state index contributed by atoms with van der Waals surface area (Å²) >= 11 is 6.24. The fourth-order valence-electron chi connectivity index (χ4n) is 2.88. The minimum atomic E-state index is -0.340. The predicted molar refractivity (Wildman–Crippen MR) is 125 cm³/mol. The molecule has 0 atom stereocenters. The Hall–Kier alpha value is -3.84. The van der Waals surface area contributed by atoms with E-state index in [2.05, 4.69) is 15.6 Å². The van der Waals surface area contributed by atoms with E-state index < -0.39 is 0 Å². The lowest BCUT2D eigenvalue weighted by atomic mass is 10.2. The number of carbonyl (C=O) groups is 2. The zero-order valence-electron chi connectivity index (χ0n) is 17.6. The van der Waals surface area contributed by atoms with Crippen LogP contribution in [-0.2, 0) is 4.79 Å². The van der Waals surface area contributed by atoms with Crippen molar-refractivity contribution >= 4 is 40.9 Å². The van der Waals surface area contributed by atoms with Crippen molar-refractivity contribution in [2.75, 3.05) is 24.4 Å². The summed E-state index contributed by atoms with van der Waals surface area (Å²) in [5.41, 5.74) is 2.27. The quantitative estimate of drug-likeness (QED) is 0.468. The fourth-order valence-corrected chi connectivity index (χ4v) is 3.18. The smallest absolute Gasteiger partial charge is 0.255 e. The lowest BCUT2D eigenvalue weighted by Gasteiger charge is -2.11. The van der Waals surface area contributed by atoms with E-state index in [0.29, 0.717) is 45.6 Å². The number of amides is 2. The number of methoxy groups -OCH3 is 1. The zero-order chi connectivity index (χ0) is 22.9. The maximum Gasteiger partial charge on any atom is 0.255 e. The van der Waals surface area contributed by atoms with E-state index in [4.69, 9.17) is 21.1 Å². The molecular weight excluding hydrogens is 430 g/mol. The van der Waals surface area contributed by atoms with Gasteiger partial charge in [-0.3, -0.25) is 14.6 Å². The first-order valence-corrected chi connectivity index (χ1v) is 10.2. The second kappa shape index (κ2) is 11.0. The van der Waals surface area contributed by atoms with Crippen LogP contribution in [0.1, 0.15) is 22.8 Å². The highest BCUT2D eigenvalue weighted by Gasteiger charge is 2.11. The van der Waals surface area contributed by atoms with Crippen molar-refractivity contribution in [2.24, 2.45) is 0 Å². The van der Waals surface area contributed by atoms with Gasteiger partial charge in [-0.1, -0.05) is 17.7 Å². The van der Waals surface area contributed by atoms with Crippen LogP contribution in [0.15, 0.2) is 67.0 Å². The molecule has 1 aromatic heterocycles. The molecule has 0 aliphatic heterocycles. The van der Waals surface area contributed by atoms with E-state index in [1.165, 1.54) is 13.2 Å². The number of hydrogen-bond donors (Lipinski definition) is 2. The van der Waals surface area contributed by atoms with E-state index >= 15 is 0 Å². The van der Waals surface area contributed by atoms with Crippen LogP contribution in [0.4, 0.5) is 11.4 Å². The first kappa shape index (κ1) is 22.8. The van der Waals surface area contributed by atoms with Gasteiger partial charge in [-0.2, -0.15) is 0 Å². The van der Waals surface area contributed by atoms with Crippen LogP contribution in [-0.4, -0.2) is 30.5 Å². The predicted octanol–water partition coefficient (Wildman–Crippen LogP) is 5.05. The lowest BCUT2D eigenvalue weighted by molar-refractivity contribution is -0.111. The molecule has 0 radical (unpaired) electrons. The van der Waals surface area contributed by atoms with Gasteiger partial charge in [0.15, 0.2) is 11.5 Å². The van der Waals surface area contributed by atoms with Gasteiger partial charge in [0.05, 0.1) is 18.7 Å². The van der Waals surface area contributed by atoms with Crippen LogP contribution >= 0.6 is 11.6 Å². The van der Waals surface area contributed by atoms with Gasteiger partial charge in [0.25, 0.3) is 5.91 Å². The van der Waals surface area contributed by atoms with Crippen LogP contribution in [0.25, 0.3) is 6.08 Å². The van der Waals surface area contributed by atoms with Crippen molar-refractivity contribution in [1.82, 2.24) is 4.98 Å². The Morgan fingerprint density at radius 3 is 2.47 bits per heavy atom. The molecule has 7 nitrogen and oxygen atoms in total. The van der Waals surface area contributed by atoms with Gasteiger partial charge in [0.2, 0.25) is 5.91 Å². The van der Waals surface area contributed by atoms with Gasteiger partial charge in [-0.25, -0.2) is 0 Å². The molecule has 2 amide bonds. The number of aromatic nitrogens is 1. The molecule has 0 fully saturated rings. The highest BCUT2D eigenvalue weighted by atomic mass is 35.5. The van der Waals surface area contributed by atoms with Gasteiger partial charge in [0.1, 0.15) is 0 Å². The van der Waals surface area contributed by atoms with Gasteiger partial charge in [-0.05, 0) is 61.0 Å². The molecule has 0 aliphatic carbocycles. The number of nitrogens with one attached hydrogen (secondary N) is 2. The highest BCUT2D eigenvalue weighted by molar-refractivity contribution is 6.32. The number of halogens is 1. The van der Waals surface area contributed by atoms with Crippen molar-refractivity contribution in [3.8, 4) is 11.5 Å². The Labute approximate surface area is 191 Å². The third kappa shape index (κ3) is 6.09. The Morgan fingerprint density at radius 1 is 1.06 bits per heavy atom. The molecule has 1 heterocycles. The van der Waals surface area contributed by atoms with Gasteiger partial charge >= 0.3 is 0 Å².